The van der Waals surface area contributed by atoms with E-state index in [4.69, 9.17) is 0 Å². The van der Waals surface area contributed by atoms with Crippen molar-refractivity contribution in [1.82, 2.24) is 15.1 Å². The Balaban J connectivity index is 1.78. The van der Waals surface area contributed by atoms with Crippen LogP contribution in [-0.2, 0) is 6.54 Å². The zero-order valence-corrected chi connectivity index (χ0v) is 12.5. The van der Waals surface area contributed by atoms with Gasteiger partial charge in [-0.15, -0.1) is 0 Å². The second-order valence-electron chi connectivity index (χ2n) is 5.79. The van der Waals surface area contributed by atoms with Crippen LogP contribution < -0.4 is 5.32 Å². The van der Waals surface area contributed by atoms with Crippen LogP contribution in [0.5, 0.6) is 0 Å². The van der Waals surface area contributed by atoms with Crippen LogP contribution in [0.1, 0.15) is 17.5 Å². The fourth-order valence-corrected chi connectivity index (χ4v) is 2.71. The summed E-state index contributed by atoms with van der Waals surface area (Å²) in [7, 11) is 4.47. The summed E-state index contributed by atoms with van der Waals surface area (Å²) in [5, 5.41) is 3.49. The third-order valence-electron chi connectivity index (χ3n) is 4.19. The Morgan fingerprint density at radius 3 is 2.89 bits per heavy atom. The smallest absolute Gasteiger partial charge is 0.0233 e. The van der Waals surface area contributed by atoms with Gasteiger partial charge in [-0.05, 0) is 45.1 Å². The molecule has 19 heavy (non-hydrogen) atoms. The average Bonchev–Trinajstić information content (AvgIpc) is 2.40. The normalized spacial score (nSPS) is 20.9. The summed E-state index contributed by atoms with van der Waals surface area (Å²) in [6, 6.07) is 9.37. The van der Waals surface area contributed by atoms with E-state index in [-0.39, 0.29) is 0 Å². The fourth-order valence-electron chi connectivity index (χ4n) is 2.71. The van der Waals surface area contributed by atoms with Gasteiger partial charge >= 0.3 is 0 Å². The minimum Gasteiger partial charge on any atom is -0.314 e. The van der Waals surface area contributed by atoms with Crippen LogP contribution >= 0.6 is 0 Å². The molecular formula is C16H27N3. The number of likely N-dealkylation sites (N-methyl/N-ethyl adjacent to an activating group) is 1. The van der Waals surface area contributed by atoms with Crippen LogP contribution in [0.2, 0.25) is 0 Å². The van der Waals surface area contributed by atoms with Crippen molar-refractivity contribution in [2.75, 3.05) is 40.3 Å². The average molecular weight is 261 g/mol. The van der Waals surface area contributed by atoms with Crippen molar-refractivity contribution in [3.63, 3.8) is 0 Å². The Morgan fingerprint density at radius 1 is 1.37 bits per heavy atom. The molecule has 0 amide bonds. The largest absolute Gasteiger partial charge is 0.314 e. The molecule has 106 valence electrons. The van der Waals surface area contributed by atoms with E-state index < -0.39 is 0 Å². The maximum absolute atomic E-state index is 3.49. The molecule has 0 saturated carbocycles. The molecule has 1 aromatic carbocycles. The quantitative estimate of drug-likeness (QED) is 0.871. The SMILES string of the molecule is Cc1ccccc1CN(C)CCC1CNCCN1C. The van der Waals surface area contributed by atoms with Gasteiger partial charge in [-0.1, -0.05) is 24.3 Å². The highest BCUT2D eigenvalue weighted by Crippen LogP contribution is 2.11. The molecule has 1 aliphatic heterocycles. The van der Waals surface area contributed by atoms with E-state index in [0.717, 1.165) is 26.2 Å². The van der Waals surface area contributed by atoms with Crippen molar-refractivity contribution in [3.8, 4) is 0 Å². The molecule has 1 N–H and O–H groups in total. The zero-order valence-electron chi connectivity index (χ0n) is 12.5. The summed E-state index contributed by atoms with van der Waals surface area (Å²) >= 11 is 0. The van der Waals surface area contributed by atoms with Crippen molar-refractivity contribution in [2.24, 2.45) is 0 Å². The number of benzene rings is 1. The summed E-state index contributed by atoms with van der Waals surface area (Å²) in [4.78, 5) is 4.92. The molecular weight excluding hydrogens is 234 g/mol. The third-order valence-corrected chi connectivity index (χ3v) is 4.19. The molecule has 0 radical (unpaired) electrons. The summed E-state index contributed by atoms with van der Waals surface area (Å²) in [5.74, 6) is 0. The number of hydrogen-bond acceptors (Lipinski definition) is 3. The van der Waals surface area contributed by atoms with Gasteiger partial charge in [0.15, 0.2) is 0 Å². The molecule has 0 bridgehead atoms. The maximum atomic E-state index is 3.49. The van der Waals surface area contributed by atoms with Gasteiger partial charge in [-0.2, -0.15) is 0 Å². The van der Waals surface area contributed by atoms with Crippen LogP contribution in [-0.4, -0.2) is 56.1 Å². The van der Waals surface area contributed by atoms with Gasteiger partial charge in [0.25, 0.3) is 0 Å². The Kier molecular flexibility index (Phi) is 5.37. The Labute approximate surface area is 117 Å². The van der Waals surface area contributed by atoms with Gasteiger partial charge in [-0.3, -0.25) is 0 Å². The van der Waals surface area contributed by atoms with E-state index >= 15 is 0 Å². The summed E-state index contributed by atoms with van der Waals surface area (Å²) in [5.41, 5.74) is 2.84. The summed E-state index contributed by atoms with van der Waals surface area (Å²) in [6.07, 6.45) is 1.24. The molecule has 3 heteroatoms. The van der Waals surface area contributed by atoms with Gasteiger partial charge in [0, 0.05) is 32.2 Å². The van der Waals surface area contributed by atoms with Crippen molar-refractivity contribution >= 4 is 0 Å². The summed E-state index contributed by atoms with van der Waals surface area (Å²) < 4.78 is 0. The van der Waals surface area contributed by atoms with Gasteiger partial charge in [0.2, 0.25) is 0 Å². The Bertz CT molecular complexity index is 391. The molecule has 0 aliphatic carbocycles. The van der Waals surface area contributed by atoms with Crippen LogP contribution in [0.25, 0.3) is 0 Å². The Hall–Kier alpha value is -0.900. The first-order valence-corrected chi connectivity index (χ1v) is 7.31. The maximum Gasteiger partial charge on any atom is 0.0233 e. The highest BCUT2D eigenvalue weighted by Gasteiger charge is 2.18. The number of rotatable bonds is 5. The molecule has 1 saturated heterocycles. The number of nitrogens with one attached hydrogen (secondary N) is 1. The monoisotopic (exact) mass is 261 g/mol. The van der Waals surface area contributed by atoms with Crippen LogP contribution in [0.15, 0.2) is 24.3 Å². The minimum absolute atomic E-state index is 0.688. The molecule has 1 unspecified atom stereocenters. The second kappa shape index (κ2) is 7.04. The van der Waals surface area contributed by atoms with Gasteiger partial charge in [0.05, 0.1) is 0 Å². The predicted octanol–water partition coefficient (Wildman–Crippen LogP) is 1.72. The third kappa shape index (κ3) is 4.30. The van der Waals surface area contributed by atoms with E-state index in [2.05, 4.69) is 60.4 Å². The summed E-state index contributed by atoms with van der Waals surface area (Å²) in [6.45, 7) is 7.84. The van der Waals surface area contributed by atoms with E-state index in [9.17, 15) is 0 Å². The highest BCUT2D eigenvalue weighted by molar-refractivity contribution is 5.25. The first kappa shape index (κ1) is 14.5. The molecule has 0 aromatic heterocycles. The van der Waals surface area contributed by atoms with Gasteiger partial charge in [-0.25, -0.2) is 0 Å². The molecule has 1 aliphatic rings. The topological polar surface area (TPSA) is 18.5 Å². The lowest BCUT2D eigenvalue weighted by Gasteiger charge is -2.34. The first-order chi connectivity index (χ1) is 9.16. The molecule has 2 rings (SSSR count). The van der Waals surface area contributed by atoms with Gasteiger partial charge < -0.3 is 15.1 Å². The molecule has 1 fully saturated rings. The zero-order chi connectivity index (χ0) is 13.7. The second-order valence-corrected chi connectivity index (χ2v) is 5.79. The van der Waals surface area contributed by atoms with Crippen molar-refractivity contribution in [1.29, 1.82) is 0 Å². The number of nitrogens with zero attached hydrogens (tertiary/aromatic N) is 2. The highest BCUT2D eigenvalue weighted by atomic mass is 15.2. The van der Waals surface area contributed by atoms with Crippen molar-refractivity contribution < 1.29 is 0 Å². The van der Waals surface area contributed by atoms with Crippen LogP contribution in [0.3, 0.4) is 0 Å². The lowest BCUT2D eigenvalue weighted by atomic mass is 10.1. The van der Waals surface area contributed by atoms with E-state index in [1.165, 1.54) is 24.1 Å². The molecule has 1 aromatic rings. The standard InChI is InChI=1S/C16H27N3/c1-14-6-4-5-7-15(14)13-18(2)10-8-16-12-17-9-11-19(16)3/h4-7,16-17H,8-13H2,1-3H3. The Morgan fingerprint density at radius 2 is 2.16 bits per heavy atom. The number of piperazine rings is 1. The van der Waals surface area contributed by atoms with E-state index in [0.29, 0.717) is 6.04 Å². The number of aryl methyl sites for hydroxylation is 1. The predicted molar refractivity (Wildman–Crippen MR) is 81.4 cm³/mol. The number of hydrogen-bond donors (Lipinski definition) is 1. The fraction of sp³-hybridized carbons (Fsp3) is 0.625. The molecule has 1 atom stereocenters. The lowest BCUT2D eigenvalue weighted by molar-refractivity contribution is 0.171. The molecule has 3 nitrogen and oxygen atoms in total. The van der Waals surface area contributed by atoms with E-state index in [1.54, 1.807) is 0 Å². The van der Waals surface area contributed by atoms with Crippen molar-refractivity contribution in [2.45, 2.75) is 25.9 Å². The first-order valence-electron chi connectivity index (χ1n) is 7.31. The molecule has 1 heterocycles. The van der Waals surface area contributed by atoms with E-state index in [1.807, 2.05) is 0 Å². The molecule has 0 spiro atoms. The van der Waals surface area contributed by atoms with Crippen LogP contribution in [0.4, 0.5) is 0 Å². The van der Waals surface area contributed by atoms with Crippen molar-refractivity contribution in [3.05, 3.63) is 35.4 Å². The van der Waals surface area contributed by atoms with Gasteiger partial charge in [0.1, 0.15) is 0 Å². The lowest BCUT2D eigenvalue weighted by Crippen LogP contribution is -2.50. The van der Waals surface area contributed by atoms with Crippen LogP contribution in [0, 0.1) is 6.92 Å². The minimum atomic E-state index is 0.688.